The maximum atomic E-state index is 11.4. The second kappa shape index (κ2) is 5.38. The van der Waals surface area contributed by atoms with Crippen LogP contribution in [0.5, 0.6) is 0 Å². The van der Waals surface area contributed by atoms with Gasteiger partial charge in [0.25, 0.3) is 0 Å². The smallest absolute Gasteiger partial charge is 0.211 e. The first-order chi connectivity index (χ1) is 8.62. The molecule has 0 atom stereocenters. The van der Waals surface area contributed by atoms with Crippen molar-refractivity contribution in [3.63, 3.8) is 0 Å². The predicted octanol–water partition coefficient (Wildman–Crippen LogP) is 0.688. The van der Waals surface area contributed by atoms with E-state index in [2.05, 4.69) is 15.7 Å². The Morgan fingerprint density at radius 3 is 2.83 bits per heavy atom. The standard InChI is InChI=1S/C12H15N3O2S/c13-10-11-4-1-2-5-12(11)15-7-3-9-18(16,17)14-6-8-15/h1-2,4-5,14H,3,6-9H2. The van der Waals surface area contributed by atoms with Crippen LogP contribution in [0, 0.1) is 11.3 Å². The van der Waals surface area contributed by atoms with E-state index in [0.717, 1.165) is 5.69 Å². The van der Waals surface area contributed by atoms with Crippen LogP contribution in [-0.4, -0.2) is 33.8 Å². The van der Waals surface area contributed by atoms with Crippen LogP contribution in [0.25, 0.3) is 0 Å². The average molecular weight is 265 g/mol. The van der Waals surface area contributed by atoms with Crippen LogP contribution in [0.4, 0.5) is 5.69 Å². The SMILES string of the molecule is N#Cc1ccccc1N1CCCS(=O)(=O)NCC1. The first-order valence-electron chi connectivity index (χ1n) is 5.84. The van der Waals surface area contributed by atoms with Crippen LogP contribution >= 0.6 is 0 Å². The monoisotopic (exact) mass is 265 g/mol. The molecule has 1 saturated heterocycles. The first-order valence-corrected chi connectivity index (χ1v) is 7.49. The van der Waals surface area contributed by atoms with Crippen molar-refractivity contribution in [2.75, 3.05) is 30.3 Å². The lowest BCUT2D eigenvalue weighted by Crippen LogP contribution is -2.40. The highest BCUT2D eigenvalue weighted by Crippen LogP contribution is 2.20. The molecule has 0 saturated carbocycles. The third-order valence-corrected chi connectivity index (χ3v) is 4.38. The molecule has 1 aliphatic heterocycles. The summed E-state index contributed by atoms with van der Waals surface area (Å²) in [6, 6.07) is 9.55. The van der Waals surface area contributed by atoms with Crippen molar-refractivity contribution in [2.24, 2.45) is 0 Å². The quantitative estimate of drug-likeness (QED) is 0.810. The summed E-state index contributed by atoms with van der Waals surface area (Å²) in [4.78, 5) is 2.06. The minimum absolute atomic E-state index is 0.137. The number of hydrogen-bond acceptors (Lipinski definition) is 4. The normalized spacial score (nSPS) is 19.6. The number of rotatable bonds is 1. The average Bonchev–Trinajstić information content (AvgIpc) is 2.34. The van der Waals surface area contributed by atoms with Crippen LogP contribution in [0.2, 0.25) is 0 Å². The molecule has 2 rings (SSSR count). The van der Waals surface area contributed by atoms with Crippen molar-refractivity contribution in [3.05, 3.63) is 29.8 Å². The number of nitrogens with zero attached hydrogens (tertiary/aromatic N) is 2. The Labute approximate surface area is 107 Å². The van der Waals surface area contributed by atoms with E-state index in [0.29, 0.717) is 31.6 Å². The zero-order valence-electron chi connectivity index (χ0n) is 9.96. The summed E-state index contributed by atoms with van der Waals surface area (Å²) in [5, 5.41) is 9.07. The van der Waals surface area contributed by atoms with E-state index in [1.54, 1.807) is 6.07 Å². The molecule has 1 aromatic carbocycles. The highest BCUT2D eigenvalue weighted by molar-refractivity contribution is 7.89. The van der Waals surface area contributed by atoms with Gasteiger partial charge in [0.05, 0.1) is 17.0 Å². The summed E-state index contributed by atoms with van der Waals surface area (Å²) in [5.41, 5.74) is 1.50. The summed E-state index contributed by atoms with van der Waals surface area (Å²) < 4.78 is 25.4. The molecular formula is C12H15N3O2S. The number of nitrogens with one attached hydrogen (secondary N) is 1. The van der Waals surface area contributed by atoms with E-state index in [1.165, 1.54) is 0 Å². The zero-order chi connectivity index (χ0) is 13.0. The minimum Gasteiger partial charge on any atom is -0.369 e. The predicted molar refractivity (Wildman–Crippen MR) is 69.8 cm³/mol. The summed E-state index contributed by atoms with van der Waals surface area (Å²) in [7, 11) is -3.11. The Hall–Kier alpha value is -1.58. The molecule has 1 aromatic rings. The topological polar surface area (TPSA) is 73.2 Å². The molecule has 0 bridgehead atoms. The molecule has 1 heterocycles. The molecule has 0 spiro atoms. The van der Waals surface area contributed by atoms with Gasteiger partial charge in [-0.2, -0.15) is 5.26 Å². The first kappa shape index (κ1) is 12.9. The Bertz CT molecular complexity index is 547. The van der Waals surface area contributed by atoms with Gasteiger partial charge in [0.15, 0.2) is 0 Å². The minimum atomic E-state index is -3.11. The van der Waals surface area contributed by atoms with E-state index >= 15 is 0 Å². The van der Waals surface area contributed by atoms with Gasteiger partial charge in [0.2, 0.25) is 10.0 Å². The van der Waals surface area contributed by atoms with Gasteiger partial charge >= 0.3 is 0 Å². The number of anilines is 1. The molecule has 0 aromatic heterocycles. The number of nitriles is 1. The molecule has 5 nitrogen and oxygen atoms in total. The molecule has 0 aliphatic carbocycles. The Morgan fingerprint density at radius 2 is 2.06 bits per heavy atom. The number of para-hydroxylation sites is 1. The molecule has 0 radical (unpaired) electrons. The molecular weight excluding hydrogens is 250 g/mol. The molecule has 1 aliphatic rings. The molecule has 0 unspecified atom stereocenters. The van der Waals surface area contributed by atoms with Crippen molar-refractivity contribution in [3.8, 4) is 6.07 Å². The van der Waals surface area contributed by atoms with E-state index in [-0.39, 0.29) is 5.75 Å². The van der Waals surface area contributed by atoms with Crippen LogP contribution in [-0.2, 0) is 10.0 Å². The van der Waals surface area contributed by atoms with E-state index in [1.807, 2.05) is 18.2 Å². The van der Waals surface area contributed by atoms with Crippen molar-refractivity contribution >= 4 is 15.7 Å². The van der Waals surface area contributed by atoms with Crippen molar-refractivity contribution in [1.82, 2.24) is 4.72 Å². The maximum absolute atomic E-state index is 11.4. The molecule has 18 heavy (non-hydrogen) atoms. The second-order valence-electron chi connectivity index (χ2n) is 4.18. The van der Waals surface area contributed by atoms with E-state index < -0.39 is 10.0 Å². The van der Waals surface area contributed by atoms with E-state index in [9.17, 15) is 8.42 Å². The fourth-order valence-electron chi connectivity index (χ4n) is 2.05. The van der Waals surface area contributed by atoms with Crippen LogP contribution in [0.1, 0.15) is 12.0 Å². The number of benzene rings is 1. The molecule has 6 heteroatoms. The highest BCUT2D eigenvalue weighted by atomic mass is 32.2. The van der Waals surface area contributed by atoms with Gasteiger partial charge in [-0.15, -0.1) is 0 Å². The lowest BCUT2D eigenvalue weighted by Gasteiger charge is -2.27. The van der Waals surface area contributed by atoms with Gasteiger partial charge in [-0.3, -0.25) is 0 Å². The van der Waals surface area contributed by atoms with Gasteiger partial charge in [-0.05, 0) is 18.6 Å². The van der Waals surface area contributed by atoms with Gasteiger partial charge < -0.3 is 4.90 Å². The van der Waals surface area contributed by atoms with Crippen LogP contribution < -0.4 is 9.62 Å². The van der Waals surface area contributed by atoms with Crippen LogP contribution in [0.3, 0.4) is 0 Å². The van der Waals surface area contributed by atoms with E-state index in [4.69, 9.17) is 5.26 Å². The lowest BCUT2D eigenvalue weighted by atomic mass is 10.1. The number of sulfonamides is 1. The number of hydrogen-bond donors (Lipinski definition) is 1. The Balaban J connectivity index is 2.17. The second-order valence-corrected chi connectivity index (χ2v) is 6.11. The van der Waals surface area contributed by atoms with Crippen molar-refractivity contribution < 1.29 is 8.42 Å². The molecule has 1 fully saturated rings. The fourth-order valence-corrected chi connectivity index (χ4v) is 3.11. The Morgan fingerprint density at radius 1 is 1.28 bits per heavy atom. The third-order valence-electron chi connectivity index (χ3n) is 2.91. The lowest BCUT2D eigenvalue weighted by molar-refractivity contribution is 0.570. The van der Waals surface area contributed by atoms with Crippen molar-refractivity contribution in [2.45, 2.75) is 6.42 Å². The van der Waals surface area contributed by atoms with Gasteiger partial charge in [-0.1, -0.05) is 12.1 Å². The molecule has 0 amide bonds. The summed E-state index contributed by atoms with van der Waals surface area (Å²) in [5.74, 6) is 0.137. The summed E-state index contributed by atoms with van der Waals surface area (Å²) in [6.07, 6.45) is 0.565. The van der Waals surface area contributed by atoms with Crippen molar-refractivity contribution in [1.29, 1.82) is 5.26 Å². The molecule has 1 N–H and O–H groups in total. The highest BCUT2D eigenvalue weighted by Gasteiger charge is 2.17. The Kier molecular flexibility index (Phi) is 3.84. The zero-order valence-corrected chi connectivity index (χ0v) is 10.8. The van der Waals surface area contributed by atoms with Gasteiger partial charge in [0, 0.05) is 19.6 Å². The maximum Gasteiger partial charge on any atom is 0.211 e. The summed E-state index contributed by atoms with van der Waals surface area (Å²) >= 11 is 0. The largest absolute Gasteiger partial charge is 0.369 e. The third kappa shape index (κ3) is 3.00. The summed E-state index contributed by atoms with van der Waals surface area (Å²) in [6.45, 7) is 1.61. The van der Waals surface area contributed by atoms with Crippen LogP contribution in [0.15, 0.2) is 24.3 Å². The molecule has 96 valence electrons. The van der Waals surface area contributed by atoms with Gasteiger partial charge in [-0.25, -0.2) is 13.1 Å². The fraction of sp³-hybridized carbons (Fsp3) is 0.417. The van der Waals surface area contributed by atoms with Gasteiger partial charge in [0.1, 0.15) is 6.07 Å².